The van der Waals surface area contributed by atoms with Crippen LogP contribution in [0.4, 0.5) is 0 Å². The second-order valence-electron chi connectivity index (χ2n) is 9.06. The van der Waals surface area contributed by atoms with E-state index in [1.165, 1.54) is 23.5 Å². The van der Waals surface area contributed by atoms with Crippen molar-refractivity contribution in [1.82, 2.24) is 14.9 Å². The molecule has 0 aromatic heterocycles. The quantitative estimate of drug-likeness (QED) is 0.549. The fourth-order valence-electron chi connectivity index (χ4n) is 4.19. The minimum absolute atomic E-state index is 0.0311. The van der Waals surface area contributed by atoms with Crippen LogP contribution in [0.3, 0.4) is 0 Å². The largest absolute Gasteiger partial charge is 0.497 e. The average molecular weight is 502 g/mol. The van der Waals surface area contributed by atoms with E-state index in [1.54, 1.807) is 30.3 Å². The summed E-state index contributed by atoms with van der Waals surface area (Å²) in [6.07, 6.45) is 1.69. The molecule has 0 radical (unpaired) electrons. The van der Waals surface area contributed by atoms with Crippen LogP contribution < -0.4 is 15.4 Å². The van der Waals surface area contributed by atoms with Crippen LogP contribution in [0.2, 0.25) is 0 Å². The summed E-state index contributed by atoms with van der Waals surface area (Å²) < 4.78 is 32.8. The highest BCUT2D eigenvalue weighted by atomic mass is 32.2. The number of sulfonamides is 1. The van der Waals surface area contributed by atoms with Crippen molar-refractivity contribution in [1.29, 1.82) is 0 Å². The Morgan fingerprint density at radius 1 is 1.09 bits per heavy atom. The maximum Gasteiger partial charge on any atom is 0.251 e. The number of carbonyl (C=O) groups excluding carboxylic acids is 2. The lowest BCUT2D eigenvalue weighted by molar-refractivity contribution is -0.125. The first-order valence-corrected chi connectivity index (χ1v) is 13.4. The van der Waals surface area contributed by atoms with E-state index in [-0.39, 0.29) is 41.8 Å². The van der Waals surface area contributed by atoms with Gasteiger partial charge in [-0.15, -0.1) is 0 Å². The van der Waals surface area contributed by atoms with Crippen LogP contribution in [0.25, 0.3) is 0 Å². The van der Waals surface area contributed by atoms with E-state index < -0.39 is 16.1 Å². The lowest BCUT2D eigenvalue weighted by Crippen LogP contribution is -2.55. The van der Waals surface area contributed by atoms with Crippen LogP contribution in [0.15, 0.2) is 53.4 Å². The second-order valence-corrected chi connectivity index (χ2v) is 11.0. The molecule has 2 amide bonds. The Bertz CT molecular complexity index is 1130. The molecule has 1 fully saturated rings. The number of hydrogen-bond donors (Lipinski definition) is 2. The van der Waals surface area contributed by atoms with Gasteiger partial charge in [0.25, 0.3) is 5.91 Å². The van der Waals surface area contributed by atoms with Gasteiger partial charge in [-0.3, -0.25) is 9.59 Å². The highest BCUT2D eigenvalue weighted by molar-refractivity contribution is 7.89. The molecule has 2 N–H and O–H groups in total. The molecular weight excluding hydrogens is 466 g/mol. The number of nitrogens with zero attached hydrogens (tertiary/aromatic N) is 1. The highest BCUT2D eigenvalue weighted by Gasteiger charge is 2.36. The van der Waals surface area contributed by atoms with E-state index >= 15 is 0 Å². The van der Waals surface area contributed by atoms with Crippen molar-refractivity contribution in [2.45, 2.75) is 57.0 Å². The SMILES string of the molecule is CC[C@H](C)NC(=O)[C@H](NC(=O)c1cccc(C)c1)C1CCN(S(=O)(=O)c2ccc(OC)cc2)CC1. The molecule has 2 atom stereocenters. The Labute approximate surface area is 208 Å². The van der Waals surface area contributed by atoms with Gasteiger partial charge in [-0.1, -0.05) is 24.6 Å². The number of piperidine rings is 1. The zero-order chi connectivity index (χ0) is 25.6. The standard InChI is InChI=1S/C26H35N3O5S/c1-5-19(3)27-26(31)24(28-25(30)21-8-6-7-18(2)17-21)20-13-15-29(16-14-20)35(32,33)23-11-9-22(34-4)10-12-23/h6-12,17,19-20,24H,5,13-16H2,1-4H3,(H,27,31)(H,28,30)/t19-,24+/m0/s1. The molecule has 8 nitrogen and oxygen atoms in total. The average Bonchev–Trinajstić information content (AvgIpc) is 2.87. The molecule has 0 aliphatic carbocycles. The van der Waals surface area contributed by atoms with Crippen molar-refractivity contribution < 1.29 is 22.7 Å². The predicted molar refractivity (Wildman–Crippen MR) is 135 cm³/mol. The lowest BCUT2D eigenvalue weighted by Gasteiger charge is -2.35. The van der Waals surface area contributed by atoms with E-state index in [0.29, 0.717) is 24.2 Å². The molecule has 0 unspecified atom stereocenters. The van der Waals surface area contributed by atoms with E-state index in [9.17, 15) is 18.0 Å². The van der Waals surface area contributed by atoms with Crippen molar-refractivity contribution >= 4 is 21.8 Å². The van der Waals surface area contributed by atoms with Gasteiger partial charge >= 0.3 is 0 Å². The van der Waals surface area contributed by atoms with Gasteiger partial charge in [0, 0.05) is 24.7 Å². The maximum atomic E-state index is 13.1. The normalized spacial score (nSPS) is 16.8. The summed E-state index contributed by atoms with van der Waals surface area (Å²) in [4.78, 5) is 26.3. The molecule has 35 heavy (non-hydrogen) atoms. The van der Waals surface area contributed by atoms with Gasteiger partial charge in [0.2, 0.25) is 15.9 Å². The summed E-state index contributed by atoms with van der Waals surface area (Å²) in [6.45, 7) is 6.34. The van der Waals surface area contributed by atoms with Gasteiger partial charge in [0.05, 0.1) is 12.0 Å². The number of nitrogens with one attached hydrogen (secondary N) is 2. The fourth-order valence-corrected chi connectivity index (χ4v) is 5.66. The highest BCUT2D eigenvalue weighted by Crippen LogP contribution is 2.27. The smallest absolute Gasteiger partial charge is 0.251 e. The topological polar surface area (TPSA) is 105 Å². The summed E-state index contributed by atoms with van der Waals surface area (Å²) in [5, 5.41) is 5.90. The number of amides is 2. The van der Waals surface area contributed by atoms with Crippen molar-refractivity contribution in [2.75, 3.05) is 20.2 Å². The molecule has 2 aromatic carbocycles. The third-order valence-corrected chi connectivity index (χ3v) is 8.43. The van der Waals surface area contributed by atoms with Crippen molar-refractivity contribution in [3.63, 3.8) is 0 Å². The number of aryl methyl sites for hydroxylation is 1. The summed E-state index contributed by atoms with van der Waals surface area (Å²) >= 11 is 0. The van der Waals surface area contributed by atoms with Crippen LogP contribution in [0.1, 0.15) is 49.0 Å². The minimum atomic E-state index is -3.66. The van der Waals surface area contributed by atoms with Crippen molar-refractivity contribution in [3.05, 3.63) is 59.7 Å². The maximum absolute atomic E-state index is 13.1. The lowest BCUT2D eigenvalue weighted by atomic mass is 9.89. The zero-order valence-electron chi connectivity index (χ0n) is 20.8. The molecule has 0 spiro atoms. The van der Waals surface area contributed by atoms with Crippen molar-refractivity contribution in [2.24, 2.45) is 5.92 Å². The Hall–Kier alpha value is -2.91. The summed E-state index contributed by atoms with van der Waals surface area (Å²) in [5.41, 5.74) is 1.45. The van der Waals surface area contributed by atoms with E-state index in [1.807, 2.05) is 26.8 Å². The molecule has 0 saturated carbocycles. The first-order chi connectivity index (χ1) is 16.6. The minimum Gasteiger partial charge on any atom is -0.497 e. The molecule has 2 aromatic rings. The fraction of sp³-hybridized carbons (Fsp3) is 0.462. The first-order valence-electron chi connectivity index (χ1n) is 12.0. The third kappa shape index (κ3) is 6.61. The van der Waals surface area contributed by atoms with Gasteiger partial charge in [-0.05, 0) is 75.4 Å². The van der Waals surface area contributed by atoms with Crippen LogP contribution in [-0.2, 0) is 14.8 Å². The van der Waals surface area contributed by atoms with E-state index in [2.05, 4.69) is 10.6 Å². The Morgan fingerprint density at radius 2 is 1.74 bits per heavy atom. The van der Waals surface area contributed by atoms with E-state index in [0.717, 1.165) is 12.0 Å². The Morgan fingerprint density at radius 3 is 2.31 bits per heavy atom. The third-order valence-electron chi connectivity index (χ3n) is 6.52. The molecule has 1 heterocycles. The van der Waals surface area contributed by atoms with Gasteiger partial charge in [-0.2, -0.15) is 4.31 Å². The molecule has 9 heteroatoms. The van der Waals surface area contributed by atoms with Gasteiger partial charge in [-0.25, -0.2) is 8.42 Å². The molecule has 3 rings (SSSR count). The van der Waals surface area contributed by atoms with E-state index in [4.69, 9.17) is 4.74 Å². The molecule has 1 aliphatic rings. The summed E-state index contributed by atoms with van der Waals surface area (Å²) in [5.74, 6) is -0.152. The van der Waals surface area contributed by atoms with Crippen LogP contribution in [0.5, 0.6) is 5.75 Å². The van der Waals surface area contributed by atoms with Crippen LogP contribution in [-0.4, -0.2) is 56.8 Å². The second kappa shape index (κ2) is 11.7. The molecule has 190 valence electrons. The molecule has 0 bridgehead atoms. The summed E-state index contributed by atoms with van der Waals surface area (Å²) in [7, 11) is -2.13. The molecule has 1 saturated heterocycles. The number of rotatable bonds is 9. The number of hydrogen-bond acceptors (Lipinski definition) is 5. The monoisotopic (exact) mass is 501 g/mol. The Balaban J connectivity index is 1.74. The first kappa shape index (κ1) is 26.7. The number of ether oxygens (including phenoxy) is 1. The zero-order valence-corrected chi connectivity index (χ0v) is 21.6. The Kier molecular flexibility index (Phi) is 8.91. The summed E-state index contributed by atoms with van der Waals surface area (Å²) in [6, 6.07) is 12.7. The van der Waals surface area contributed by atoms with Gasteiger partial charge in [0.1, 0.15) is 11.8 Å². The van der Waals surface area contributed by atoms with Crippen LogP contribution in [0, 0.1) is 12.8 Å². The number of carbonyl (C=O) groups is 2. The molecule has 1 aliphatic heterocycles. The van der Waals surface area contributed by atoms with Crippen LogP contribution >= 0.6 is 0 Å². The predicted octanol–water partition coefficient (Wildman–Crippen LogP) is 3.12. The van der Waals surface area contributed by atoms with Crippen molar-refractivity contribution in [3.8, 4) is 5.75 Å². The molecular formula is C26H35N3O5S. The van der Waals surface area contributed by atoms with Gasteiger partial charge in [0.15, 0.2) is 0 Å². The number of benzene rings is 2. The van der Waals surface area contributed by atoms with Gasteiger partial charge < -0.3 is 15.4 Å². The number of methoxy groups -OCH3 is 1.